The maximum atomic E-state index is 13.7. The molecule has 6 rings (SSSR count). The van der Waals surface area contributed by atoms with Gasteiger partial charge in [-0.2, -0.15) is 0 Å². The van der Waals surface area contributed by atoms with Crippen LogP contribution in [0.4, 0.5) is 0 Å². The number of nitrogens with zero attached hydrogens (tertiary/aromatic N) is 1. The normalized spacial score (nSPS) is 17.4. The molecule has 0 aromatic heterocycles. The van der Waals surface area contributed by atoms with Gasteiger partial charge in [-0.05, 0) is 65.9 Å². The van der Waals surface area contributed by atoms with Crippen LogP contribution in [0, 0.1) is 0 Å². The van der Waals surface area contributed by atoms with Gasteiger partial charge in [0.2, 0.25) is 5.91 Å². The fourth-order valence-corrected chi connectivity index (χ4v) is 6.35. The summed E-state index contributed by atoms with van der Waals surface area (Å²) in [5.41, 5.74) is 2.65. The first kappa shape index (κ1) is 27.5. The van der Waals surface area contributed by atoms with Crippen molar-refractivity contribution in [3.05, 3.63) is 83.4 Å². The van der Waals surface area contributed by atoms with Crippen LogP contribution in [-0.2, 0) is 25.8 Å². The molecule has 40 heavy (non-hydrogen) atoms. The Morgan fingerprint density at radius 2 is 1.90 bits per heavy atom. The fourth-order valence-electron chi connectivity index (χ4n) is 5.10. The molecule has 3 aliphatic heterocycles. The monoisotopic (exact) mass is 564 g/mol. The van der Waals surface area contributed by atoms with Crippen molar-refractivity contribution in [2.75, 3.05) is 39.2 Å². The average Bonchev–Trinajstić information content (AvgIpc) is 2.97. The van der Waals surface area contributed by atoms with E-state index in [1.807, 2.05) is 36.4 Å². The standard InChI is InChI=1S/C30H32N2O7S/c1-37-26-19-25-21-11-14-32(29(34)12-16-40(35,36)24-9-3-2-4-10-24)30(25)22-7-5-8-23(17-22)38-15-6-13-31-28(33)20-39-27(26)18-21/h2-5,7-10,17-19,30H,6,11-16,20H2,1H3,(H,31,33). The van der Waals surface area contributed by atoms with Crippen LogP contribution in [-0.4, -0.2) is 64.3 Å². The number of carbonyl (C=O) groups is 2. The Kier molecular flexibility index (Phi) is 8.25. The summed E-state index contributed by atoms with van der Waals surface area (Å²) >= 11 is 0. The zero-order valence-electron chi connectivity index (χ0n) is 22.3. The van der Waals surface area contributed by atoms with E-state index in [1.54, 1.807) is 35.2 Å². The van der Waals surface area contributed by atoms with Crippen LogP contribution in [0.25, 0.3) is 0 Å². The van der Waals surface area contributed by atoms with Gasteiger partial charge in [0.05, 0.1) is 30.4 Å². The van der Waals surface area contributed by atoms with Crippen molar-refractivity contribution < 1.29 is 32.2 Å². The topological polar surface area (TPSA) is 111 Å². The van der Waals surface area contributed by atoms with Crippen molar-refractivity contribution in [3.63, 3.8) is 0 Å². The minimum atomic E-state index is -3.61. The largest absolute Gasteiger partial charge is 0.494 e. The van der Waals surface area contributed by atoms with Gasteiger partial charge in [-0.15, -0.1) is 0 Å². The summed E-state index contributed by atoms with van der Waals surface area (Å²) in [6.07, 6.45) is 1.000. The van der Waals surface area contributed by atoms with E-state index in [0.29, 0.717) is 49.8 Å². The number of hydrogen-bond acceptors (Lipinski definition) is 7. The molecule has 1 atom stereocenters. The number of hydrogen-bond donors (Lipinski definition) is 1. The molecule has 2 amide bonds. The number of nitrogens with one attached hydrogen (secondary N) is 1. The lowest BCUT2D eigenvalue weighted by molar-refractivity contribution is -0.132. The molecular formula is C30H32N2O7S. The molecule has 0 saturated carbocycles. The van der Waals surface area contributed by atoms with Crippen LogP contribution in [0.1, 0.15) is 35.6 Å². The molecule has 3 aromatic rings. The summed E-state index contributed by atoms with van der Waals surface area (Å²) in [7, 11) is -2.09. The molecule has 0 saturated heterocycles. The number of amides is 2. The molecule has 210 valence electrons. The van der Waals surface area contributed by atoms with E-state index >= 15 is 0 Å². The molecule has 3 aromatic carbocycles. The van der Waals surface area contributed by atoms with E-state index in [1.165, 1.54) is 7.11 Å². The van der Waals surface area contributed by atoms with Gasteiger partial charge < -0.3 is 24.4 Å². The number of ether oxygens (including phenoxy) is 3. The Morgan fingerprint density at radius 1 is 1.07 bits per heavy atom. The van der Waals surface area contributed by atoms with Gasteiger partial charge in [0.25, 0.3) is 5.91 Å². The smallest absolute Gasteiger partial charge is 0.257 e. The Bertz CT molecular complexity index is 1490. The molecule has 0 fully saturated rings. The summed E-state index contributed by atoms with van der Waals surface area (Å²) in [6, 6.07) is 19.0. The zero-order chi connectivity index (χ0) is 28.1. The van der Waals surface area contributed by atoms with Gasteiger partial charge in [0.1, 0.15) is 5.75 Å². The number of sulfone groups is 1. The van der Waals surface area contributed by atoms with Gasteiger partial charge in [-0.3, -0.25) is 9.59 Å². The van der Waals surface area contributed by atoms with Crippen molar-refractivity contribution in [2.45, 2.75) is 30.2 Å². The summed E-state index contributed by atoms with van der Waals surface area (Å²) in [5, 5.41) is 2.83. The van der Waals surface area contributed by atoms with Crippen molar-refractivity contribution in [1.82, 2.24) is 10.2 Å². The molecule has 3 heterocycles. The molecule has 10 heteroatoms. The summed E-state index contributed by atoms with van der Waals surface area (Å²) in [4.78, 5) is 27.9. The molecule has 0 aliphatic carbocycles. The number of benzene rings is 3. The molecule has 0 spiro atoms. The highest BCUT2D eigenvalue weighted by atomic mass is 32.2. The maximum Gasteiger partial charge on any atom is 0.257 e. The minimum absolute atomic E-state index is 0.146. The van der Waals surface area contributed by atoms with Crippen LogP contribution in [0.3, 0.4) is 0 Å². The summed E-state index contributed by atoms with van der Waals surface area (Å²) in [6.45, 7) is 1.08. The lowest BCUT2D eigenvalue weighted by Crippen LogP contribution is -2.41. The zero-order valence-corrected chi connectivity index (χ0v) is 23.1. The molecule has 6 bridgehead atoms. The number of fused-ring (bicyclic) bond motifs is 8. The second kappa shape index (κ2) is 12.0. The third-order valence-corrected chi connectivity index (χ3v) is 8.84. The van der Waals surface area contributed by atoms with Gasteiger partial charge in [0.15, 0.2) is 27.9 Å². The molecule has 1 N–H and O–H groups in total. The first-order valence-electron chi connectivity index (χ1n) is 13.3. The van der Waals surface area contributed by atoms with E-state index in [0.717, 1.165) is 16.7 Å². The van der Waals surface area contributed by atoms with E-state index in [-0.39, 0.29) is 35.5 Å². The molecule has 9 nitrogen and oxygen atoms in total. The van der Waals surface area contributed by atoms with E-state index in [9.17, 15) is 18.0 Å². The lowest BCUT2D eigenvalue weighted by atomic mass is 9.87. The number of rotatable bonds is 5. The lowest BCUT2D eigenvalue weighted by Gasteiger charge is -2.38. The predicted molar refractivity (Wildman–Crippen MR) is 148 cm³/mol. The van der Waals surface area contributed by atoms with Crippen molar-refractivity contribution >= 4 is 21.7 Å². The first-order chi connectivity index (χ1) is 19.4. The van der Waals surface area contributed by atoms with E-state index in [4.69, 9.17) is 14.2 Å². The number of carbonyl (C=O) groups excluding carboxylic acids is 2. The van der Waals surface area contributed by atoms with E-state index < -0.39 is 15.9 Å². The van der Waals surface area contributed by atoms with Crippen LogP contribution in [0.15, 0.2) is 71.6 Å². The van der Waals surface area contributed by atoms with Gasteiger partial charge >= 0.3 is 0 Å². The molecule has 3 aliphatic rings. The minimum Gasteiger partial charge on any atom is -0.494 e. The predicted octanol–water partition coefficient (Wildman–Crippen LogP) is 3.31. The van der Waals surface area contributed by atoms with Crippen LogP contribution >= 0.6 is 0 Å². The molecule has 0 radical (unpaired) electrons. The van der Waals surface area contributed by atoms with Crippen LogP contribution in [0.2, 0.25) is 0 Å². The highest BCUT2D eigenvalue weighted by Crippen LogP contribution is 2.42. The fraction of sp³-hybridized carbons (Fsp3) is 0.333. The maximum absolute atomic E-state index is 13.7. The Hall–Kier alpha value is -4.05. The van der Waals surface area contributed by atoms with Crippen molar-refractivity contribution in [1.29, 1.82) is 0 Å². The SMILES string of the molecule is COc1cc2c3cc1OCC(=O)NCCCOc1cccc(c1)C2N(C(=O)CCS(=O)(=O)c1ccccc1)CC3. The van der Waals surface area contributed by atoms with Crippen LogP contribution < -0.4 is 19.5 Å². The second-order valence-corrected chi connectivity index (χ2v) is 11.8. The van der Waals surface area contributed by atoms with Crippen LogP contribution in [0.5, 0.6) is 17.2 Å². The van der Waals surface area contributed by atoms with Crippen molar-refractivity contribution in [3.8, 4) is 17.2 Å². The summed E-state index contributed by atoms with van der Waals surface area (Å²) in [5.74, 6) is 0.757. The quantitative estimate of drug-likeness (QED) is 0.506. The molecule has 1 unspecified atom stereocenters. The van der Waals surface area contributed by atoms with Crippen molar-refractivity contribution in [2.24, 2.45) is 0 Å². The second-order valence-electron chi connectivity index (χ2n) is 9.74. The molecular weight excluding hydrogens is 532 g/mol. The van der Waals surface area contributed by atoms with Gasteiger partial charge in [-0.25, -0.2) is 8.42 Å². The number of methoxy groups -OCH3 is 1. The Morgan fingerprint density at radius 3 is 2.70 bits per heavy atom. The highest BCUT2D eigenvalue weighted by Gasteiger charge is 2.34. The average molecular weight is 565 g/mol. The highest BCUT2D eigenvalue weighted by molar-refractivity contribution is 7.91. The van der Waals surface area contributed by atoms with E-state index in [2.05, 4.69) is 5.32 Å². The third kappa shape index (κ3) is 6.07. The summed E-state index contributed by atoms with van der Waals surface area (Å²) < 4.78 is 43.2. The Balaban J connectivity index is 1.51. The third-order valence-electron chi connectivity index (χ3n) is 7.11. The Labute approximate surface area is 234 Å². The van der Waals surface area contributed by atoms with Gasteiger partial charge in [0, 0.05) is 19.5 Å². The van der Waals surface area contributed by atoms with Gasteiger partial charge in [-0.1, -0.05) is 30.3 Å². The first-order valence-corrected chi connectivity index (χ1v) is 14.9.